The van der Waals surface area contributed by atoms with Crippen molar-refractivity contribution in [1.82, 2.24) is 4.90 Å². The van der Waals surface area contributed by atoms with Crippen LogP contribution in [0.25, 0.3) is 0 Å². The van der Waals surface area contributed by atoms with E-state index in [0.717, 1.165) is 32.4 Å². The highest BCUT2D eigenvalue weighted by Gasteiger charge is 2.24. The summed E-state index contributed by atoms with van der Waals surface area (Å²) in [6.45, 7) is 10.2. The van der Waals surface area contributed by atoms with Gasteiger partial charge in [-0.05, 0) is 30.6 Å². The summed E-state index contributed by atoms with van der Waals surface area (Å²) >= 11 is 0. The molecule has 1 N–H and O–H groups in total. The number of nitrogens with zero attached hydrogens (tertiary/aromatic N) is 1. The van der Waals surface area contributed by atoms with E-state index in [1.807, 2.05) is 4.90 Å². The largest absolute Gasteiger partial charge is 0.393 e. The number of piperidine rings is 1. The molecule has 0 saturated carbocycles. The predicted molar refractivity (Wildman–Crippen MR) is 69.7 cm³/mol. The van der Waals surface area contributed by atoms with E-state index in [-0.39, 0.29) is 17.4 Å². The molecule has 1 amide bonds. The number of carbonyl (C=O) groups is 1. The van der Waals surface area contributed by atoms with Crippen molar-refractivity contribution in [2.75, 3.05) is 13.1 Å². The highest BCUT2D eigenvalue weighted by molar-refractivity contribution is 5.76. The third kappa shape index (κ3) is 5.53. The molecule has 0 aromatic rings. The Bertz CT molecular complexity index is 249. The van der Waals surface area contributed by atoms with Crippen LogP contribution in [0, 0.1) is 11.3 Å². The van der Waals surface area contributed by atoms with E-state index < -0.39 is 0 Å². The molecule has 1 atom stereocenters. The second kappa shape index (κ2) is 5.85. The van der Waals surface area contributed by atoms with Gasteiger partial charge in [0.1, 0.15) is 0 Å². The quantitative estimate of drug-likeness (QED) is 0.824. The zero-order valence-electron chi connectivity index (χ0n) is 11.7. The lowest BCUT2D eigenvalue weighted by Gasteiger charge is -2.31. The van der Waals surface area contributed by atoms with Crippen molar-refractivity contribution in [3.05, 3.63) is 0 Å². The summed E-state index contributed by atoms with van der Waals surface area (Å²) in [6.07, 6.45) is 2.99. The lowest BCUT2D eigenvalue weighted by molar-refractivity contribution is -0.134. The Morgan fingerprint density at radius 3 is 2.35 bits per heavy atom. The second-order valence-corrected chi connectivity index (χ2v) is 6.69. The fourth-order valence-electron chi connectivity index (χ4n) is 2.66. The minimum atomic E-state index is -0.203. The average molecular weight is 241 g/mol. The molecule has 1 rings (SSSR count). The minimum absolute atomic E-state index is 0.203. The first-order chi connectivity index (χ1) is 7.78. The maximum Gasteiger partial charge on any atom is 0.222 e. The van der Waals surface area contributed by atoms with Gasteiger partial charge in [0.2, 0.25) is 5.91 Å². The number of hydrogen-bond acceptors (Lipinski definition) is 2. The van der Waals surface area contributed by atoms with Gasteiger partial charge in [0.25, 0.3) is 0 Å². The Hall–Kier alpha value is -0.570. The smallest absolute Gasteiger partial charge is 0.222 e. The van der Waals surface area contributed by atoms with Crippen molar-refractivity contribution >= 4 is 5.91 Å². The molecule has 0 unspecified atom stereocenters. The van der Waals surface area contributed by atoms with Gasteiger partial charge < -0.3 is 10.0 Å². The molecule has 1 aliphatic heterocycles. The summed E-state index contributed by atoms with van der Waals surface area (Å²) in [5.41, 5.74) is 0.289. The first kappa shape index (κ1) is 14.5. The van der Waals surface area contributed by atoms with E-state index in [4.69, 9.17) is 0 Å². The van der Waals surface area contributed by atoms with Gasteiger partial charge in [-0.25, -0.2) is 0 Å². The molecule has 3 heteroatoms. The standard InChI is InChI=1S/C14H27NO2/c1-11(10-14(2,3)4)9-13(17)15-7-5-12(16)6-8-15/h11-12,16H,5-10H2,1-4H3/t11-/m0/s1. The van der Waals surface area contributed by atoms with Crippen molar-refractivity contribution in [2.45, 2.75) is 59.5 Å². The van der Waals surface area contributed by atoms with Crippen LogP contribution >= 0.6 is 0 Å². The van der Waals surface area contributed by atoms with E-state index in [1.54, 1.807) is 0 Å². The fraction of sp³-hybridized carbons (Fsp3) is 0.929. The number of hydrogen-bond donors (Lipinski definition) is 1. The van der Waals surface area contributed by atoms with Crippen LogP contribution in [0.2, 0.25) is 0 Å². The van der Waals surface area contributed by atoms with Gasteiger partial charge in [-0.2, -0.15) is 0 Å². The van der Waals surface area contributed by atoms with Crippen molar-refractivity contribution in [1.29, 1.82) is 0 Å². The lowest BCUT2D eigenvalue weighted by atomic mass is 9.84. The topological polar surface area (TPSA) is 40.5 Å². The van der Waals surface area contributed by atoms with Gasteiger partial charge in [0, 0.05) is 19.5 Å². The maximum atomic E-state index is 12.0. The number of carbonyl (C=O) groups excluding carboxylic acids is 1. The van der Waals surface area contributed by atoms with E-state index in [1.165, 1.54) is 0 Å². The zero-order valence-corrected chi connectivity index (χ0v) is 11.7. The average Bonchev–Trinajstić information content (AvgIpc) is 2.15. The molecule has 1 aliphatic rings. The summed E-state index contributed by atoms with van der Waals surface area (Å²) in [4.78, 5) is 14.0. The molecule has 1 fully saturated rings. The van der Waals surface area contributed by atoms with E-state index in [2.05, 4.69) is 27.7 Å². The molecule has 100 valence electrons. The third-order valence-electron chi connectivity index (χ3n) is 3.30. The Balaban J connectivity index is 2.33. The van der Waals surface area contributed by atoms with Crippen LogP contribution < -0.4 is 0 Å². The van der Waals surface area contributed by atoms with Crippen LogP contribution in [0.4, 0.5) is 0 Å². The summed E-state index contributed by atoms with van der Waals surface area (Å²) in [5.74, 6) is 0.697. The van der Waals surface area contributed by atoms with Crippen LogP contribution in [0.15, 0.2) is 0 Å². The SMILES string of the molecule is C[C@@H](CC(=O)N1CCC(O)CC1)CC(C)(C)C. The van der Waals surface area contributed by atoms with Crippen LogP contribution in [-0.4, -0.2) is 35.1 Å². The molecule has 1 saturated heterocycles. The zero-order chi connectivity index (χ0) is 13.1. The molecule has 1 heterocycles. The van der Waals surface area contributed by atoms with Crippen molar-refractivity contribution < 1.29 is 9.90 Å². The molecule has 0 aromatic carbocycles. The first-order valence-corrected chi connectivity index (χ1v) is 6.74. The number of aliphatic hydroxyl groups excluding tert-OH is 1. The number of rotatable bonds is 3. The molecule has 17 heavy (non-hydrogen) atoms. The highest BCUT2D eigenvalue weighted by Crippen LogP contribution is 2.26. The molecule has 0 aromatic heterocycles. The van der Waals surface area contributed by atoms with Gasteiger partial charge in [0.05, 0.1) is 6.10 Å². The summed E-state index contributed by atoms with van der Waals surface area (Å²) in [7, 11) is 0. The molecule has 0 aliphatic carbocycles. The Morgan fingerprint density at radius 2 is 1.88 bits per heavy atom. The summed E-state index contributed by atoms with van der Waals surface area (Å²) in [5, 5.41) is 9.41. The van der Waals surface area contributed by atoms with Crippen LogP contribution in [0.5, 0.6) is 0 Å². The summed E-state index contributed by atoms with van der Waals surface area (Å²) in [6, 6.07) is 0. The van der Waals surface area contributed by atoms with Crippen LogP contribution in [-0.2, 0) is 4.79 Å². The lowest BCUT2D eigenvalue weighted by Crippen LogP contribution is -2.40. The Labute approximate surface area is 105 Å². The van der Waals surface area contributed by atoms with Crippen LogP contribution in [0.3, 0.4) is 0 Å². The van der Waals surface area contributed by atoms with Crippen LogP contribution in [0.1, 0.15) is 53.4 Å². The van der Waals surface area contributed by atoms with Gasteiger partial charge in [-0.1, -0.05) is 27.7 Å². The molecular formula is C14H27NO2. The van der Waals surface area contributed by atoms with Gasteiger partial charge in [0.15, 0.2) is 0 Å². The van der Waals surface area contributed by atoms with Crippen molar-refractivity contribution in [3.63, 3.8) is 0 Å². The Kier molecular flexibility index (Phi) is 4.99. The molecule has 0 radical (unpaired) electrons. The van der Waals surface area contributed by atoms with Crippen molar-refractivity contribution in [2.24, 2.45) is 11.3 Å². The van der Waals surface area contributed by atoms with Gasteiger partial charge in [-0.3, -0.25) is 4.79 Å². The second-order valence-electron chi connectivity index (χ2n) is 6.69. The summed E-state index contributed by atoms with van der Waals surface area (Å²) < 4.78 is 0. The minimum Gasteiger partial charge on any atom is -0.393 e. The fourth-order valence-corrected chi connectivity index (χ4v) is 2.66. The van der Waals surface area contributed by atoms with E-state index in [0.29, 0.717) is 12.3 Å². The first-order valence-electron chi connectivity index (χ1n) is 6.74. The number of likely N-dealkylation sites (tertiary alicyclic amines) is 1. The predicted octanol–water partition coefficient (Wildman–Crippen LogP) is 2.43. The normalized spacial score (nSPS) is 20.4. The number of amides is 1. The monoisotopic (exact) mass is 241 g/mol. The number of aliphatic hydroxyl groups is 1. The third-order valence-corrected chi connectivity index (χ3v) is 3.30. The Morgan fingerprint density at radius 1 is 1.35 bits per heavy atom. The molecular weight excluding hydrogens is 214 g/mol. The van der Waals surface area contributed by atoms with Crippen molar-refractivity contribution in [3.8, 4) is 0 Å². The maximum absolute atomic E-state index is 12.0. The molecule has 0 spiro atoms. The van der Waals surface area contributed by atoms with E-state index >= 15 is 0 Å². The highest BCUT2D eigenvalue weighted by atomic mass is 16.3. The molecule has 0 bridgehead atoms. The van der Waals surface area contributed by atoms with Gasteiger partial charge >= 0.3 is 0 Å². The molecule has 3 nitrogen and oxygen atoms in total. The van der Waals surface area contributed by atoms with E-state index in [9.17, 15) is 9.90 Å². The van der Waals surface area contributed by atoms with Gasteiger partial charge in [-0.15, -0.1) is 0 Å².